The first-order chi connectivity index (χ1) is 5.47. The third-order valence-corrected chi connectivity index (χ3v) is 2.85. The summed E-state index contributed by atoms with van der Waals surface area (Å²) in [4.78, 5) is 0. The van der Waals surface area contributed by atoms with Crippen LogP contribution in [0.15, 0.2) is 0 Å². The molecule has 0 unspecified atom stereocenters. The van der Waals surface area contributed by atoms with Gasteiger partial charge >= 0.3 is 0 Å². The molecule has 4 nitrogen and oxygen atoms in total. The second-order valence-corrected chi connectivity index (χ2v) is 5.13. The topological polar surface area (TPSA) is 69.4 Å². The van der Waals surface area contributed by atoms with Crippen LogP contribution in [0, 0.1) is 5.92 Å². The Morgan fingerprint density at radius 3 is 2.58 bits per heavy atom. The van der Waals surface area contributed by atoms with E-state index in [0.29, 0.717) is 12.5 Å². The Bertz CT molecular complexity index is 229. The second-order valence-electron chi connectivity index (χ2n) is 3.47. The van der Waals surface area contributed by atoms with Crippen molar-refractivity contribution in [2.75, 3.05) is 12.4 Å². The van der Waals surface area contributed by atoms with Gasteiger partial charge in [-0.05, 0) is 18.8 Å². The highest BCUT2D eigenvalue weighted by atomic mass is 32.2. The molecule has 0 aliphatic carbocycles. The van der Waals surface area contributed by atoms with Crippen molar-refractivity contribution < 1.29 is 13.2 Å². The Morgan fingerprint density at radius 2 is 2.17 bits per heavy atom. The van der Waals surface area contributed by atoms with Crippen LogP contribution in [0.2, 0.25) is 0 Å². The van der Waals surface area contributed by atoms with E-state index in [9.17, 15) is 8.42 Å². The lowest BCUT2D eigenvalue weighted by Crippen LogP contribution is -2.33. The Kier molecular flexibility index (Phi) is 3.09. The molecule has 1 heterocycles. The number of hydrogen-bond acceptors (Lipinski definition) is 3. The van der Waals surface area contributed by atoms with Gasteiger partial charge in [-0.25, -0.2) is 13.6 Å². The molecule has 2 N–H and O–H groups in total. The second kappa shape index (κ2) is 3.72. The van der Waals surface area contributed by atoms with Crippen molar-refractivity contribution in [3.63, 3.8) is 0 Å². The van der Waals surface area contributed by atoms with E-state index >= 15 is 0 Å². The molecule has 0 amide bonds. The van der Waals surface area contributed by atoms with Gasteiger partial charge in [0.25, 0.3) is 0 Å². The molecule has 0 aromatic carbocycles. The van der Waals surface area contributed by atoms with Crippen molar-refractivity contribution >= 4 is 10.0 Å². The summed E-state index contributed by atoms with van der Waals surface area (Å²) in [5.41, 5.74) is 0. The number of rotatable bonds is 2. The maximum atomic E-state index is 10.7. The highest BCUT2D eigenvalue weighted by Crippen LogP contribution is 2.18. The normalized spacial score (nSPS) is 31.8. The quantitative estimate of drug-likeness (QED) is 0.675. The fourth-order valence-electron chi connectivity index (χ4n) is 1.33. The summed E-state index contributed by atoms with van der Waals surface area (Å²) in [6.45, 7) is 2.74. The lowest BCUT2D eigenvalue weighted by molar-refractivity contribution is 0.00214. The molecular formula is C7H15NO3S. The SMILES string of the molecule is C[C@@H]1CC[C@@H](CS(N)(=O)=O)OC1. The molecule has 0 bridgehead atoms. The van der Waals surface area contributed by atoms with E-state index in [1.165, 1.54) is 0 Å². The van der Waals surface area contributed by atoms with Crippen molar-refractivity contribution in [1.82, 2.24) is 0 Å². The molecular weight excluding hydrogens is 178 g/mol. The van der Waals surface area contributed by atoms with Crippen LogP contribution in [0.4, 0.5) is 0 Å². The van der Waals surface area contributed by atoms with Crippen LogP contribution in [0.25, 0.3) is 0 Å². The van der Waals surface area contributed by atoms with Gasteiger partial charge in [0.2, 0.25) is 10.0 Å². The number of sulfonamides is 1. The molecule has 0 aromatic heterocycles. The molecule has 1 aliphatic heterocycles. The molecule has 0 saturated carbocycles. The third kappa shape index (κ3) is 3.51. The van der Waals surface area contributed by atoms with Gasteiger partial charge in [0, 0.05) is 6.61 Å². The minimum atomic E-state index is -3.37. The fourth-order valence-corrected chi connectivity index (χ4v) is 2.11. The van der Waals surface area contributed by atoms with Gasteiger partial charge in [-0.15, -0.1) is 0 Å². The molecule has 1 saturated heterocycles. The van der Waals surface area contributed by atoms with E-state index in [1.54, 1.807) is 0 Å². The standard InChI is InChI=1S/C7H15NO3S/c1-6-2-3-7(11-4-6)5-12(8,9)10/h6-7H,2-5H2,1H3,(H2,8,9,10)/t6-,7+/m1/s1. The fraction of sp³-hybridized carbons (Fsp3) is 1.00. The molecule has 72 valence electrons. The lowest BCUT2D eigenvalue weighted by Gasteiger charge is -2.25. The Labute approximate surface area is 73.1 Å². The Hall–Kier alpha value is -0.130. The van der Waals surface area contributed by atoms with Crippen LogP contribution in [0.3, 0.4) is 0 Å². The first kappa shape index (κ1) is 9.95. The van der Waals surface area contributed by atoms with Crippen LogP contribution in [-0.4, -0.2) is 26.9 Å². The largest absolute Gasteiger partial charge is 0.377 e. The summed E-state index contributed by atoms with van der Waals surface area (Å²) in [7, 11) is -3.37. The van der Waals surface area contributed by atoms with Crippen molar-refractivity contribution in [3.8, 4) is 0 Å². The lowest BCUT2D eigenvalue weighted by atomic mass is 10.0. The smallest absolute Gasteiger partial charge is 0.211 e. The Morgan fingerprint density at radius 1 is 1.50 bits per heavy atom. The van der Waals surface area contributed by atoms with Crippen molar-refractivity contribution in [2.24, 2.45) is 11.1 Å². The van der Waals surface area contributed by atoms with Crippen LogP contribution in [0.5, 0.6) is 0 Å². The van der Waals surface area contributed by atoms with Crippen LogP contribution >= 0.6 is 0 Å². The number of hydrogen-bond donors (Lipinski definition) is 1. The van der Waals surface area contributed by atoms with E-state index in [1.807, 2.05) is 0 Å². The minimum absolute atomic E-state index is 0.0419. The zero-order chi connectivity index (χ0) is 9.19. The van der Waals surface area contributed by atoms with Crippen LogP contribution in [-0.2, 0) is 14.8 Å². The van der Waals surface area contributed by atoms with Crippen molar-refractivity contribution in [1.29, 1.82) is 0 Å². The van der Waals surface area contributed by atoms with E-state index in [4.69, 9.17) is 9.88 Å². The molecule has 1 rings (SSSR count). The molecule has 1 aliphatic rings. The monoisotopic (exact) mass is 193 g/mol. The van der Waals surface area contributed by atoms with Gasteiger partial charge in [0.15, 0.2) is 0 Å². The molecule has 1 fully saturated rings. The van der Waals surface area contributed by atoms with Crippen LogP contribution in [0.1, 0.15) is 19.8 Å². The maximum absolute atomic E-state index is 10.7. The number of primary sulfonamides is 1. The molecule has 0 radical (unpaired) electrons. The molecule has 0 spiro atoms. The Balaban J connectivity index is 2.36. The summed E-state index contributed by atoms with van der Waals surface area (Å²) < 4.78 is 26.7. The highest BCUT2D eigenvalue weighted by Gasteiger charge is 2.22. The zero-order valence-corrected chi connectivity index (χ0v) is 8.01. The van der Waals surface area contributed by atoms with Gasteiger partial charge in [-0.2, -0.15) is 0 Å². The van der Waals surface area contributed by atoms with Gasteiger partial charge in [0.05, 0.1) is 11.9 Å². The summed E-state index contributed by atoms with van der Waals surface area (Å²) in [5, 5.41) is 4.89. The summed E-state index contributed by atoms with van der Waals surface area (Å²) in [5.74, 6) is 0.501. The van der Waals surface area contributed by atoms with E-state index < -0.39 is 10.0 Å². The molecule has 12 heavy (non-hydrogen) atoms. The number of ether oxygens (including phenoxy) is 1. The zero-order valence-electron chi connectivity index (χ0n) is 7.19. The van der Waals surface area contributed by atoms with Gasteiger partial charge < -0.3 is 4.74 Å². The minimum Gasteiger partial charge on any atom is -0.377 e. The summed E-state index contributed by atoms with van der Waals surface area (Å²) in [6, 6.07) is 0. The van der Waals surface area contributed by atoms with Crippen molar-refractivity contribution in [2.45, 2.75) is 25.9 Å². The van der Waals surface area contributed by atoms with E-state index in [0.717, 1.165) is 12.8 Å². The van der Waals surface area contributed by atoms with Gasteiger partial charge in [-0.1, -0.05) is 6.92 Å². The summed E-state index contributed by atoms with van der Waals surface area (Å²) >= 11 is 0. The first-order valence-electron chi connectivity index (χ1n) is 4.09. The molecule has 5 heteroatoms. The maximum Gasteiger partial charge on any atom is 0.211 e. The first-order valence-corrected chi connectivity index (χ1v) is 5.81. The van der Waals surface area contributed by atoms with Gasteiger partial charge in [0.1, 0.15) is 0 Å². The highest BCUT2D eigenvalue weighted by molar-refractivity contribution is 7.89. The molecule has 0 aromatic rings. The van der Waals surface area contributed by atoms with Crippen LogP contribution < -0.4 is 5.14 Å². The number of nitrogens with two attached hydrogens (primary N) is 1. The average Bonchev–Trinajstić information content (AvgIpc) is 1.91. The third-order valence-electron chi connectivity index (χ3n) is 2.02. The predicted octanol–water partition coefficient (Wildman–Crippen LogP) is 0.0900. The van der Waals surface area contributed by atoms with E-state index in [-0.39, 0.29) is 11.9 Å². The van der Waals surface area contributed by atoms with Crippen molar-refractivity contribution in [3.05, 3.63) is 0 Å². The van der Waals surface area contributed by atoms with Gasteiger partial charge in [-0.3, -0.25) is 0 Å². The average molecular weight is 193 g/mol. The summed E-state index contributed by atoms with van der Waals surface area (Å²) in [6.07, 6.45) is 1.65. The molecule has 2 atom stereocenters. The predicted molar refractivity (Wildman–Crippen MR) is 46.1 cm³/mol. The van der Waals surface area contributed by atoms with E-state index in [2.05, 4.69) is 6.92 Å².